The first-order valence-electron chi connectivity index (χ1n) is 8.47. The molecular formula is C19H23BrN4O. The molecule has 0 saturated carbocycles. The van der Waals surface area contributed by atoms with E-state index in [1.807, 2.05) is 54.8 Å². The molecule has 0 bridgehead atoms. The lowest BCUT2D eigenvalue weighted by Gasteiger charge is -2.27. The molecule has 1 unspecified atom stereocenters. The summed E-state index contributed by atoms with van der Waals surface area (Å²) in [7, 11) is 1.94. The molecule has 2 aromatic rings. The van der Waals surface area contributed by atoms with Crippen molar-refractivity contribution in [1.82, 2.24) is 9.47 Å². The number of halogens is 1. The highest BCUT2D eigenvalue weighted by molar-refractivity contribution is 9.10. The summed E-state index contributed by atoms with van der Waals surface area (Å²) in [5, 5.41) is 0. The number of hydrogen-bond acceptors (Lipinski definition) is 4. The molecule has 1 atom stereocenters. The lowest BCUT2D eigenvalue weighted by atomic mass is 9.85. The van der Waals surface area contributed by atoms with Crippen LogP contribution in [0.3, 0.4) is 0 Å². The molecule has 132 valence electrons. The summed E-state index contributed by atoms with van der Waals surface area (Å²) in [6, 6.07) is 10.1. The van der Waals surface area contributed by atoms with Crippen molar-refractivity contribution < 1.29 is 4.79 Å². The van der Waals surface area contributed by atoms with Crippen LogP contribution in [0.15, 0.2) is 46.0 Å². The average molecular weight is 403 g/mol. The van der Waals surface area contributed by atoms with Gasteiger partial charge in [-0.05, 0) is 30.7 Å². The van der Waals surface area contributed by atoms with Crippen LogP contribution in [0.25, 0.3) is 0 Å². The maximum Gasteiger partial charge on any atom is 0.192 e. The van der Waals surface area contributed by atoms with Gasteiger partial charge in [-0.25, -0.2) is 4.99 Å². The molecule has 0 radical (unpaired) electrons. The van der Waals surface area contributed by atoms with E-state index in [2.05, 4.69) is 28.1 Å². The van der Waals surface area contributed by atoms with Gasteiger partial charge in [0.25, 0.3) is 0 Å². The van der Waals surface area contributed by atoms with Crippen LogP contribution in [-0.2, 0) is 12.1 Å². The summed E-state index contributed by atoms with van der Waals surface area (Å²) >= 11 is 3.55. The van der Waals surface area contributed by atoms with Crippen molar-refractivity contribution in [3.8, 4) is 0 Å². The Morgan fingerprint density at radius 3 is 2.64 bits per heavy atom. The summed E-state index contributed by atoms with van der Waals surface area (Å²) < 4.78 is 3.00. The van der Waals surface area contributed by atoms with E-state index in [-0.39, 0.29) is 5.78 Å². The predicted octanol–water partition coefficient (Wildman–Crippen LogP) is 3.37. The van der Waals surface area contributed by atoms with Gasteiger partial charge in [-0.2, -0.15) is 0 Å². The molecule has 0 spiro atoms. The van der Waals surface area contributed by atoms with Crippen LogP contribution in [0.4, 0.5) is 0 Å². The number of likely N-dealkylation sites (N-methyl/N-ethyl adjacent to an activating group) is 1. The minimum Gasteiger partial charge on any atom is -0.370 e. The Morgan fingerprint density at radius 2 is 2.08 bits per heavy atom. The van der Waals surface area contributed by atoms with Crippen LogP contribution in [0.5, 0.6) is 0 Å². The highest BCUT2D eigenvalue weighted by Crippen LogP contribution is 2.39. The van der Waals surface area contributed by atoms with E-state index < -0.39 is 5.54 Å². The number of carbonyl (C=O) groups is 1. The van der Waals surface area contributed by atoms with Crippen molar-refractivity contribution in [2.45, 2.75) is 32.4 Å². The Hall–Kier alpha value is -2.08. The van der Waals surface area contributed by atoms with Gasteiger partial charge in [0.1, 0.15) is 5.54 Å². The third-order valence-electron chi connectivity index (χ3n) is 4.79. The van der Waals surface area contributed by atoms with Crippen LogP contribution < -0.4 is 5.73 Å². The van der Waals surface area contributed by atoms with Gasteiger partial charge in [0.2, 0.25) is 0 Å². The van der Waals surface area contributed by atoms with Crippen molar-refractivity contribution in [1.29, 1.82) is 0 Å². The van der Waals surface area contributed by atoms with Crippen LogP contribution >= 0.6 is 15.9 Å². The number of hydrogen-bond donors (Lipinski definition) is 1. The topological polar surface area (TPSA) is 63.6 Å². The fourth-order valence-electron chi connectivity index (χ4n) is 3.38. The van der Waals surface area contributed by atoms with E-state index in [9.17, 15) is 4.79 Å². The molecule has 1 aromatic heterocycles. The first-order valence-corrected chi connectivity index (χ1v) is 9.27. The molecule has 2 heterocycles. The summed E-state index contributed by atoms with van der Waals surface area (Å²) in [5.41, 5.74) is 8.30. The number of guanidine groups is 1. The van der Waals surface area contributed by atoms with Crippen LogP contribution in [0, 0.1) is 0 Å². The minimum atomic E-state index is -0.605. The van der Waals surface area contributed by atoms with Crippen molar-refractivity contribution >= 4 is 27.7 Å². The fraction of sp³-hybridized carbons (Fsp3) is 0.368. The first-order chi connectivity index (χ1) is 11.9. The quantitative estimate of drug-likeness (QED) is 0.779. The second-order valence-electron chi connectivity index (χ2n) is 6.37. The summed E-state index contributed by atoms with van der Waals surface area (Å²) in [6.07, 6.45) is 2.53. The Balaban J connectivity index is 2.21. The Morgan fingerprint density at radius 1 is 1.32 bits per heavy atom. The fourth-order valence-corrected chi connectivity index (χ4v) is 3.78. The average Bonchev–Trinajstić information content (AvgIpc) is 3.16. The Bertz CT molecular complexity index is 842. The largest absolute Gasteiger partial charge is 0.370 e. The van der Waals surface area contributed by atoms with Crippen molar-refractivity contribution in [2.75, 3.05) is 13.6 Å². The molecule has 0 amide bonds. The van der Waals surface area contributed by atoms with Crippen molar-refractivity contribution in [3.63, 3.8) is 0 Å². The number of benzene rings is 1. The molecular weight excluding hydrogens is 380 g/mol. The Labute approximate surface area is 156 Å². The van der Waals surface area contributed by atoms with E-state index >= 15 is 0 Å². The lowest BCUT2D eigenvalue weighted by molar-refractivity contribution is 0.0979. The molecule has 3 rings (SSSR count). The molecule has 0 fully saturated rings. The smallest absolute Gasteiger partial charge is 0.192 e. The number of nitrogens with two attached hydrogens (primary N) is 1. The highest BCUT2D eigenvalue weighted by Gasteiger charge is 2.42. The van der Waals surface area contributed by atoms with E-state index in [0.29, 0.717) is 18.9 Å². The molecule has 25 heavy (non-hydrogen) atoms. The third-order valence-corrected chi connectivity index (χ3v) is 5.28. The molecule has 6 heteroatoms. The maximum atomic E-state index is 12.3. The van der Waals surface area contributed by atoms with Crippen LogP contribution in [0.1, 0.15) is 41.9 Å². The number of aromatic nitrogens is 1. The molecule has 0 aliphatic carbocycles. The number of ketones is 1. The second kappa shape index (κ2) is 6.67. The molecule has 0 saturated heterocycles. The molecule has 1 aromatic carbocycles. The van der Waals surface area contributed by atoms with Gasteiger partial charge in [0.15, 0.2) is 11.7 Å². The van der Waals surface area contributed by atoms with Crippen molar-refractivity contribution in [2.24, 2.45) is 10.7 Å². The molecule has 2 N–H and O–H groups in total. The van der Waals surface area contributed by atoms with E-state index in [1.165, 1.54) is 0 Å². The van der Waals surface area contributed by atoms with Gasteiger partial charge in [-0.1, -0.05) is 35.0 Å². The SMILES string of the molecule is CCC(=O)c1cc(C2(c3cccc(Br)c3)CN(C)C(N)=N2)cn1CC. The number of rotatable bonds is 5. The van der Waals surface area contributed by atoms with Crippen molar-refractivity contribution in [3.05, 3.63) is 57.8 Å². The monoisotopic (exact) mass is 402 g/mol. The number of Topliss-reactive ketones (excluding diaryl/α,β-unsaturated/α-hetero) is 1. The van der Waals surface area contributed by atoms with Gasteiger partial charge in [0.05, 0.1) is 12.2 Å². The maximum absolute atomic E-state index is 12.3. The van der Waals surface area contributed by atoms with E-state index in [0.717, 1.165) is 27.8 Å². The van der Waals surface area contributed by atoms with Gasteiger partial charge >= 0.3 is 0 Å². The van der Waals surface area contributed by atoms with Gasteiger partial charge in [0, 0.05) is 36.2 Å². The number of aliphatic imine (C=N–C) groups is 1. The normalized spacial score (nSPS) is 20.0. The lowest BCUT2D eigenvalue weighted by Crippen LogP contribution is -2.34. The molecule has 5 nitrogen and oxygen atoms in total. The zero-order valence-corrected chi connectivity index (χ0v) is 16.4. The van der Waals surface area contributed by atoms with Gasteiger partial charge < -0.3 is 15.2 Å². The Kier molecular flexibility index (Phi) is 4.73. The first kappa shape index (κ1) is 17.7. The number of carbonyl (C=O) groups excluding carboxylic acids is 1. The van der Waals surface area contributed by atoms with E-state index in [1.54, 1.807) is 0 Å². The summed E-state index contributed by atoms with van der Waals surface area (Å²) in [6.45, 7) is 5.31. The third kappa shape index (κ3) is 2.99. The highest BCUT2D eigenvalue weighted by atomic mass is 79.9. The summed E-state index contributed by atoms with van der Waals surface area (Å²) in [4.78, 5) is 19.1. The van der Waals surface area contributed by atoms with Gasteiger partial charge in [-0.15, -0.1) is 0 Å². The molecule has 1 aliphatic rings. The van der Waals surface area contributed by atoms with Crippen LogP contribution in [0.2, 0.25) is 0 Å². The van der Waals surface area contributed by atoms with E-state index in [4.69, 9.17) is 10.7 Å². The molecule has 1 aliphatic heterocycles. The number of nitrogens with zero attached hydrogens (tertiary/aromatic N) is 3. The standard InChI is InChI=1S/C19H23BrN4O/c1-4-17(25)16-10-14(11-24(16)5-2)19(12-23(3)18(21)22-19)13-7-6-8-15(20)9-13/h6-11H,4-5,12H2,1-3H3,(H2,21,22). The van der Waals surface area contributed by atoms with Gasteiger partial charge in [-0.3, -0.25) is 4.79 Å². The second-order valence-corrected chi connectivity index (χ2v) is 7.29. The number of aryl methyl sites for hydroxylation is 1. The summed E-state index contributed by atoms with van der Waals surface area (Å²) in [5.74, 6) is 0.647. The minimum absolute atomic E-state index is 0.140. The zero-order chi connectivity index (χ0) is 18.2. The van der Waals surface area contributed by atoms with Crippen LogP contribution in [-0.4, -0.2) is 34.8 Å². The predicted molar refractivity (Wildman–Crippen MR) is 104 cm³/mol. The zero-order valence-electron chi connectivity index (χ0n) is 14.8.